The summed E-state index contributed by atoms with van der Waals surface area (Å²) in [6.45, 7) is 2.62. The lowest BCUT2D eigenvalue weighted by Crippen LogP contribution is -2.24. The van der Waals surface area contributed by atoms with Gasteiger partial charge < -0.3 is 5.32 Å². The fourth-order valence-corrected chi connectivity index (χ4v) is 2.25. The molecule has 0 aliphatic rings. The standard InChI is InChI=1S/C17H19NO/c1-2-18-17(19)13-16(14-9-5-3-6-10-14)15-11-7-4-8-12-15/h3-12,16H,2,13H2,1H3,(H,18,19). The Balaban J connectivity index is 2.26. The Labute approximate surface area is 114 Å². The summed E-state index contributed by atoms with van der Waals surface area (Å²) in [5.41, 5.74) is 2.36. The van der Waals surface area contributed by atoms with Gasteiger partial charge >= 0.3 is 0 Å². The van der Waals surface area contributed by atoms with E-state index >= 15 is 0 Å². The number of rotatable bonds is 5. The van der Waals surface area contributed by atoms with E-state index in [-0.39, 0.29) is 11.8 Å². The van der Waals surface area contributed by atoms with Gasteiger partial charge in [-0.15, -0.1) is 0 Å². The number of hydrogen-bond acceptors (Lipinski definition) is 1. The van der Waals surface area contributed by atoms with E-state index in [0.29, 0.717) is 13.0 Å². The van der Waals surface area contributed by atoms with Gasteiger partial charge in [0.2, 0.25) is 5.91 Å². The molecule has 0 aromatic heterocycles. The summed E-state index contributed by atoms with van der Waals surface area (Å²) >= 11 is 0. The highest BCUT2D eigenvalue weighted by Crippen LogP contribution is 2.27. The molecule has 0 atom stereocenters. The van der Waals surface area contributed by atoms with Crippen molar-refractivity contribution in [2.24, 2.45) is 0 Å². The Morgan fingerprint density at radius 1 is 0.947 bits per heavy atom. The second-order valence-corrected chi connectivity index (χ2v) is 4.53. The van der Waals surface area contributed by atoms with Crippen molar-refractivity contribution >= 4 is 5.91 Å². The molecule has 0 aliphatic carbocycles. The van der Waals surface area contributed by atoms with Crippen LogP contribution in [0.3, 0.4) is 0 Å². The molecule has 1 N–H and O–H groups in total. The van der Waals surface area contributed by atoms with E-state index in [1.165, 1.54) is 11.1 Å². The average molecular weight is 253 g/mol. The Kier molecular flexibility index (Phi) is 4.73. The number of carbonyl (C=O) groups excluding carboxylic acids is 1. The van der Waals surface area contributed by atoms with E-state index in [4.69, 9.17) is 0 Å². The molecule has 1 amide bonds. The Bertz CT molecular complexity index is 468. The van der Waals surface area contributed by atoms with E-state index in [2.05, 4.69) is 29.6 Å². The Hall–Kier alpha value is -2.09. The summed E-state index contributed by atoms with van der Waals surface area (Å²) in [5.74, 6) is 0.217. The van der Waals surface area contributed by atoms with E-state index < -0.39 is 0 Å². The predicted molar refractivity (Wildman–Crippen MR) is 78.0 cm³/mol. The molecule has 0 heterocycles. The van der Waals surface area contributed by atoms with Crippen LogP contribution >= 0.6 is 0 Å². The van der Waals surface area contributed by atoms with Gasteiger partial charge in [0.15, 0.2) is 0 Å². The second-order valence-electron chi connectivity index (χ2n) is 4.53. The van der Waals surface area contributed by atoms with Crippen LogP contribution in [-0.4, -0.2) is 12.5 Å². The summed E-state index contributed by atoms with van der Waals surface area (Å²) in [4.78, 5) is 11.9. The zero-order chi connectivity index (χ0) is 13.5. The molecule has 98 valence electrons. The van der Waals surface area contributed by atoms with Gasteiger partial charge in [-0.05, 0) is 18.1 Å². The van der Waals surface area contributed by atoms with E-state index in [0.717, 1.165) is 0 Å². The number of amides is 1. The van der Waals surface area contributed by atoms with Crippen LogP contribution in [-0.2, 0) is 4.79 Å². The van der Waals surface area contributed by atoms with Crippen LogP contribution in [0, 0.1) is 0 Å². The summed E-state index contributed by atoms with van der Waals surface area (Å²) < 4.78 is 0. The van der Waals surface area contributed by atoms with Crippen LogP contribution in [0.15, 0.2) is 60.7 Å². The maximum absolute atomic E-state index is 11.9. The topological polar surface area (TPSA) is 29.1 Å². The van der Waals surface area contributed by atoms with Crippen molar-refractivity contribution in [3.8, 4) is 0 Å². The largest absolute Gasteiger partial charge is 0.356 e. The third-order valence-corrected chi connectivity index (χ3v) is 3.17. The van der Waals surface area contributed by atoms with E-state index in [1.807, 2.05) is 43.3 Å². The summed E-state index contributed by atoms with van der Waals surface area (Å²) in [6.07, 6.45) is 0.488. The van der Waals surface area contributed by atoms with Gasteiger partial charge in [-0.2, -0.15) is 0 Å². The van der Waals surface area contributed by atoms with Crippen molar-refractivity contribution < 1.29 is 4.79 Å². The smallest absolute Gasteiger partial charge is 0.220 e. The molecule has 0 unspecified atom stereocenters. The quantitative estimate of drug-likeness (QED) is 0.870. The van der Waals surface area contributed by atoms with Crippen LogP contribution in [0.1, 0.15) is 30.4 Å². The molecular formula is C17H19NO. The summed E-state index contributed by atoms with van der Waals surface area (Å²) in [5, 5.41) is 2.88. The van der Waals surface area contributed by atoms with Gasteiger partial charge in [-0.3, -0.25) is 4.79 Å². The van der Waals surface area contributed by atoms with Crippen LogP contribution in [0.5, 0.6) is 0 Å². The summed E-state index contributed by atoms with van der Waals surface area (Å²) in [6, 6.07) is 20.4. The monoisotopic (exact) mass is 253 g/mol. The average Bonchev–Trinajstić information content (AvgIpc) is 2.47. The number of hydrogen-bond donors (Lipinski definition) is 1. The van der Waals surface area contributed by atoms with Gasteiger partial charge in [-0.25, -0.2) is 0 Å². The SMILES string of the molecule is CCNC(=O)CC(c1ccccc1)c1ccccc1. The Morgan fingerprint density at radius 2 is 1.42 bits per heavy atom. The lowest BCUT2D eigenvalue weighted by molar-refractivity contribution is -0.121. The van der Waals surface area contributed by atoms with Crippen LogP contribution in [0.4, 0.5) is 0 Å². The molecule has 0 fully saturated rings. The van der Waals surface area contributed by atoms with Gasteiger partial charge in [-0.1, -0.05) is 60.7 Å². The minimum Gasteiger partial charge on any atom is -0.356 e. The highest BCUT2D eigenvalue weighted by Gasteiger charge is 2.17. The maximum Gasteiger partial charge on any atom is 0.220 e. The normalized spacial score (nSPS) is 10.4. The fourth-order valence-electron chi connectivity index (χ4n) is 2.25. The molecule has 2 aromatic carbocycles. The van der Waals surface area contributed by atoms with E-state index in [9.17, 15) is 4.79 Å². The van der Waals surface area contributed by atoms with Crippen LogP contribution in [0.2, 0.25) is 0 Å². The Morgan fingerprint density at radius 3 is 1.84 bits per heavy atom. The third-order valence-electron chi connectivity index (χ3n) is 3.17. The third kappa shape index (κ3) is 3.68. The zero-order valence-corrected chi connectivity index (χ0v) is 11.2. The molecule has 0 saturated carbocycles. The number of benzene rings is 2. The fraction of sp³-hybridized carbons (Fsp3) is 0.235. The molecule has 0 bridgehead atoms. The molecular weight excluding hydrogens is 234 g/mol. The number of nitrogens with one attached hydrogen (secondary N) is 1. The lowest BCUT2D eigenvalue weighted by Gasteiger charge is -2.17. The second kappa shape index (κ2) is 6.74. The minimum atomic E-state index is 0.0974. The van der Waals surface area contributed by atoms with Crippen LogP contribution in [0.25, 0.3) is 0 Å². The molecule has 2 aromatic rings. The van der Waals surface area contributed by atoms with Crippen molar-refractivity contribution in [2.75, 3.05) is 6.54 Å². The van der Waals surface area contributed by atoms with Gasteiger partial charge in [0.25, 0.3) is 0 Å². The van der Waals surface area contributed by atoms with Crippen molar-refractivity contribution in [1.82, 2.24) is 5.32 Å². The minimum absolute atomic E-state index is 0.0974. The van der Waals surface area contributed by atoms with Gasteiger partial charge in [0.05, 0.1) is 0 Å². The zero-order valence-electron chi connectivity index (χ0n) is 11.2. The molecule has 2 heteroatoms. The molecule has 0 radical (unpaired) electrons. The van der Waals surface area contributed by atoms with Crippen molar-refractivity contribution in [1.29, 1.82) is 0 Å². The molecule has 2 rings (SSSR count). The molecule has 0 saturated heterocycles. The maximum atomic E-state index is 11.9. The van der Waals surface area contributed by atoms with Gasteiger partial charge in [0.1, 0.15) is 0 Å². The van der Waals surface area contributed by atoms with Crippen LogP contribution < -0.4 is 5.32 Å². The first-order chi connectivity index (χ1) is 9.31. The molecule has 2 nitrogen and oxygen atoms in total. The van der Waals surface area contributed by atoms with Crippen molar-refractivity contribution in [3.05, 3.63) is 71.8 Å². The molecule has 19 heavy (non-hydrogen) atoms. The van der Waals surface area contributed by atoms with Crippen molar-refractivity contribution in [3.63, 3.8) is 0 Å². The van der Waals surface area contributed by atoms with E-state index in [1.54, 1.807) is 0 Å². The molecule has 0 spiro atoms. The highest BCUT2D eigenvalue weighted by atomic mass is 16.1. The first-order valence-electron chi connectivity index (χ1n) is 6.68. The first-order valence-corrected chi connectivity index (χ1v) is 6.68. The summed E-state index contributed by atoms with van der Waals surface area (Å²) in [7, 11) is 0. The number of carbonyl (C=O) groups is 1. The van der Waals surface area contributed by atoms with Gasteiger partial charge in [0, 0.05) is 18.9 Å². The van der Waals surface area contributed by atoms with Crippen molar-refractivity contribution in [2.45, 2.75) is 19.3 Å². The predicted octanol–water partition coefficient (Wildman–Crippen LogP) is 3.34. The first kappa shape index (κ1) is 13.3. The molecule has 0 aliphatic heterocycles. The lowest BCUT2D eigenvalue weighted by atomic mass is 9.88. The highest BCUT2D eigenvalue weighted by molar-refractivity contribution is 5.77.